The fourth-order valence-corrected chi connectivity index (χ4v) is 1.65. The number of nitrogens with zero attached hydrogens (tertiary/aromatic N) is 1. The predicted octanol–water partition coefficient (Wildman–Crippen LogP) is 2.05. The van der Waals surface area contributed by atoms with E-state index in [-0.39, 0.29) is 0 Å². The van der Waals surface area contributed by atoms with Crippen LogP contribution >= 0.6 is 0 Å². The number of likely N-dealkylation sites (N-methyl/N-ethyl adjacent to an activating group) is 1. The van der Waals surface area contributed by atoms with Crippen LogP contribution in [0.4, 0.5) is 0 Å². The number of ether oxygens (including phenoxy) is 1. The normalized spacial score (nSPS) is 14.1. The lowest BCUT2D eigenvalue weighted by Gasteiger charge is -2.27. The quantitative estimate of drug-likeness (QED) is 0.794. The standard InChI is InChI=1S/C13H18N2O/c1-3-15-13(10-14,11-16-4-2)12-8-6-5-7-9-12/h5-9,15H,3-4,11H2,1-2H3. The van der Waals surface area contributed by atoms with Crippen molar-refractivity contribution in [3.63, 3.8) is 0 Å². The first-order chi connectivity index (χ1) is 7.79. The van der Waals surface area contributed by atoms with Crippen LogP contribution in [-0.4, -0.2) is 19.8 Å². The first kappa shape index (κ1) is 12.7. The van der Waals surface area contributed by atoms with Gasteiger partial charge in [-0.3, -0.25) is 5.32 Å². The monoisotopic (exact) mass is 218 g/mol. The Kier molecular flexibility index (Phi) is 4.97. The Bertz CT molecular complexity index is 345. The van der Waals surface area contributed by atoms with Gasteiger partial charge in [0.05, 0.1) is 12.7 Å². The molecule has 0 aromatic heterocycles. The van der Waals surface area contributed by atoms with Gasteiger partial charge in [0.25, 0.3) is 0 Å². The molecule has 0 saturated carbocycles. The van der Waals surface area contributed by atoms with E-state index in [1.165, 1.54) is 0 Å². The molecule has 0 aliphatic carbocycles. The Balaban J connectivity index is 2.98. The fraction of sp³-hybridized carbons (Fsp3) is 0.462. The average Bonchev–Trinajstić information content (AvgIpc) is 2.36. The molecule has 1 aromatic rings. The zero-order chi connectivity index (χ0) is 11.9. The van der Waals surface area contributed by atoms with Crippen LogP contribution in [0.3, 0.4) is 0 Å². The van der Waals surface area contributed by atoms with Crippen molar-refractivity contribution in [2.45, 2.75) is 19.4 Å². The molecule has 0 aliphatic heterocycles. The van der Waals surface area contributed by atoms with Crippen molar-refractivity contribution in [1.29, 1.82) is 5.26 Å². The fourth-order valence-electron chi connectivity index (χ4n) is 1.65. The minimum atomic E-state index is -0.730. The minimum absolute atomic E-state index is 0.373. The van der Waals surface area contributed by atoms with E-state index in [1.54, 1.807) is 0 Å². The van der Waals surface area contributed by atoms with E-state index in [0.717, 1.165) is 12.1 Å². The van der Waals surface area contributed by atoms with Gasteiger partial charge in [-0.2, -0.15) is 5.26 Å². The van der Waals surface area contributed by atoms with E-state index < -0.39 is 5.54 Å². The molecule has 16 heavy (non-hydrogen) atoms. The van der Waals surface area contributed by atoms with E-state index in [0.29, 0.717) is 13.2 Å². The minimum Gasteiger partial charge on any atom is -0.378 e. The highest BCUT2D eigenvalue weighted by atomic mass is 16.5. The van der Waals surface area contributed by atoms with Crippen molar-refractivity contribution in [3.05, 3.63) is 35.9 Å². The number of hydrogen-bond donors (Lipinski definition) is 1. The van der Waals surface area contributed by atoms with Gasteiger partial charge >= 0.3 is 0 Å². The van der Waals surface area contributed by atoms with Crippen LogP contribution in [0, 0.1) is 11.3 Å². The van der Waals surface area contributed by atoms with Gasteiger partial charge in [-0.1, -0.05) is 37.3 Å². The van der Waals surface area contributed by atoms with E-state index in [1.807, 2.05) is 44.2 Å². The van der Waals surface area contributed by atoms with Gasteiger partial charge in [0.2, 0.25) is 0 Å². The van der Waals surface area contributed by atoms with Gasteiger partial charge in [-0.15, -0.1) is 0 Å². The Morgan fingerprint density at radius 2 is 2.00 bits per heavy atom. The zero-order valence-corrected chi connectivity index (χ0v) is 9.86. The maximum absolute atomic E-state index is 9.40. The third kappa shape index (κ3) is 2.82. The molecule has 1 N–H and O–H groups in total. The molecule has 0 heterocycles. The van der Waals surface area contributed by atoms with Gasteiger partial charge in [0, 0.05) is 6.61 Å². The van der Waals surface area contributed by atoms with Crippen LogP contribution in [0.1, 0.15) is 19.4 Å². The SMILES string of the molecule is CCNC(C#N)(COCC)c1ccccc1. The molecule has 1 atom stereocenters. The van der Waals surface area contributed by atoms with Gasteiger partial charge in [0.1, 0.15) is 0 Å². The lowest BCUT2D eigenvalue weighted by molar-refractivity contribution is 0.0993. The summed E-state index contributed by atoms with van der Waals surface area (Å²) in [6.45, 7) is 5.63. The Morgan fingerprint density at radius 3 is 2.50 bits per heavy atom. The summed E-state index contributed by atoms with van der Waals surface area (Å²) in [5, 5.41) is 12.6. The van der Waals surface area contributed by atoms with Crippen molar-refractivity contribution in [2.24, 2.45) is 0 Å². The van der Waals surface area contributed by atoms with Crippen LogP contribution in [-0.2, 0) is 10.3 Å². The van der Waals surface area contributed by atoms with Gasteiger partial charge in [-0.25, -0.2) is 0 Å². The number of hydrogen-bond acceptors (Lipinski definition) is 3. The van der Waals surface area contributed by atoms with Crippen LogP contribution in [0.5, 0.6) is 0 Å². The summed E-state index contributed by atoms with van der Waals surface area (Å²) >= 11 is 0. The summed E-state index contributed by atoms with van der Waals surface area (Å²) in [7, 11) is 0. The van der Waals surface area contributed by atoms with Crippen LogP contribution in [0.15, 0.2) is 30.3 Å². The van der Waals surface area contributed by atoms with E-state index in [2.05, 4.69) is 11.4 Å². The molecule has 1 aromatic carbocycles. The van der Waals surface area contributed by atoms with Gasteiger partial charge < -0.3 is 4.74 Å². The summed E-state index contributed by atoms with van der Waals surface area (Å²) in [6, 6.07) is 12.0. The van der Waals surface area contributed by atoms with E-state index in [4.69, 9.17) is 4.74 Å². The number of rotatable bonds is 6. The second-order valence-corrected chi connectivity index (χ2v) is 3.55. The molecule has 0 bridgehead atoms. The van der Waals surface area contributed by atoms with Crippen molar-refractivity contribution < 1.29 is 4.74 Å². The highest BCUT2D eigenvalue weighted by Crippen LogP contribution is 2.20. The lowest BCUT2D eigenvalue weighted by atomic mass is 9.92. The maximum atomic E-state index is 9.40. The highest BCUT2D eigenvalue weighted by molar-refractivity contribution is 5.31. The van der Waals surface area contributed by atoms with Crippen LogP contribution < -0.4 is 5.32 Å². The Morgan fingerprint density at radius 1 is 1.31 bits per heavy atom. The molecule has 0 saturated heterocycles. The largest absolute Gasteiger partial charge is 0.378 e. The van der Waals surface area contributed by atoms with Crippen molar-refractivity contribution >= 4 is 0 Å². The molecule has 3 nitrogen and oxygen atoms in total. The van der Waals surface area contributed by atoms with Crippen LogP contribution in [0.25, 0.3) is 0 Å². The first-order valence-electron chi connectivity index (χ1n) is 5.58. The highest BCUT2D eigenvalue weighted by Gasteiger charge is 2.31. The molecule has 0 radical (unpaired) electrons. The smallest absolute Gasteiger partial charge is 0.155 e. The lowest BCUT2D eigenvalue weighted by Crippen LogP contribution is -2.45. The summed E-state index contributed by atoms with van der Waals surface area (Å²) in [5.74, 6) is 0. The molecule has 3 heteroatoms. The molecule has 0 aliphatic rings. The van der Waals surface area contributed by atoms with Crippen molar-refractivity contribution in [2.75, 3.05) is 19.8 Å². The van der Waals surface area contributed by atoms with E-state index >= 15 is 0 Å². The Hall–Kier alpha value is -1.37. The third-order valence-electron chi connectivity index (χ3n) is 2.46. The summed E-state index contributed by atoms with van der Waals surface area (Å²) in [5.41, 5.74) is 0.222. The second kappa shape index (κ2) is 6.26. The molecular weight excluding hydrogens is 200 g/mol. The number of benzene rings is 1. The topological polar surface area (TPSA) is 45.0 Å². The second-order valence-electron chi connectivity index (χ2n) is 3.55. The van der Waals surface area contributed by atoms with Crippen LogP contribution in [0.2, 0.25) is 0 Å². The van der Waals surface area contributed by atoms with Crippen molar-refractivity contribution in [1.82, 2.24) is 5.32 Å². The molecule has 0 amide bonds. The zero-order valence-electron chi connectivity index (χ0n) is 9.86. The molecule has 1 unspecified atom stereocenters. The Labute approximate surface area is 97.0 Å². The number of nitrogens with one attached hydrogen (secondary N) is 1. The summed E-state index contributed by atoms with van der Waals surface area (Å²) < 4.78 is 5.41. The van der Waals surface area contributed by atoms with E-state index in [9.17, 15) is 5.26 Å². The van der Waals surface area contributed by atoms with Gasteiger partial charge in [0.15, 0.2) is 5.54 Å². The number of nitriles is 1. The third-order valence-corrected chi connectivity index (χ3v) is 2.46. The van der Waals surface area contributed by atoms with Gasteiger partial charge in [-0.05, 0) is 19.0 Å². The maximum Gasteiger partial charge on any atom is 0.155 e. The molecule has 86 valence electrons. The molecule has 1 rings (SSSR count). The molecular formula is C13H18N2O. The molecule has 0 spiro atoms. The van der Waals surface area contributed by atoms with Crippen molar-refractivity contribution in [3.8, 4) is 6.07 Å². The first-order valence-corrected chi connectivity index (χ1v) is 5.58. The summed E-state index contributed by atoms with van der Waals surface area (Å²) in [4.78, 5) is 0. The predicted molar refractivity (Wildman–Crippen MR) is 63.9 cm³/mol. The summed E-state index contributed by atoms with van der Waals surface area (Å²) in [6.07, 6.45) is 0. The molecule has 0 fully saturated rings. The average molecular weight is 218 g/mol.